The Hall–Kier alpha value is -0.666. The number of aliphatic hydroxyl groups is 6. The molecule has 12 nitrogen and oxygen atoms in total. The Bertz CT molecular complexity index is 396. The molecule has 0 rings (SSSR count). The van der Waals surface area contributed by atoms with Crippen molar-refractivity contribution < 1.29 is 81.6 Å². The third kappa shape index (κ3) is 95.0. The van der Waals surface area contributed by atoms with Crippen LogP contribution >= 0.6 is 0 Å². The summed E-state index contributed by atoms with van der Waals surface area (Å²) in [5.41, 5.74) is -0.403. The Kier molecular flexibility index (Phi) is 50.3. The fourth-order valence-electron chi connectivity index (χ4n) is 0.713. The van der Waals surface area contributed by atoms with E-state index in [9.17, 15) is 9.59 Å². The number of carbonyl (C=O) groups is 2. The summed E-state index contributed by atoms with van der Waals surface area (Å²) in [7, 11) is 0. The maximum atomic E-state index is 10.9. The van der Waals surface area contributed by atoms with Gasteiger partial charge in [-0.05, 0) is 90.0 Å². The SMILES string of the molecule is CC(C)(C)OO.CC(C)O.CC(C)O.CC(C)O.CC(C)O.CCOC(=O)C(O)C(O)C(=O)OCC.[Ti]. The summed E-state index contributed by atoms with van der Waals surface area (Å²) in [6.45, 7) is 22.3. The van der Waals surface area contributed by atoms with E-state index in [0.29, 0.717) is 0 Å². The van der Waals surface area contributed by atoms with Crippen LogP contribution in [0.2, 0.25) is 0 Å². The van der Waals surface area contributed by atoms with Gasteiger partial charge in [-0.1, -0.05) is 0 Å². The van der Waals surface area contributed by atoms with Gasteiger partial charge in [-0.3, -0.25) is 5.26 Å². The molecule has 0 saturated carbocycles. The first-order valence-electron chi connectivity index (χ1n) is 11.8. The van der Waals surface area contributed by atoms with Crippen LogP contribution in [0.25, 0.3) is 0 Å². The monoisotopic (exact) mass is 584 g/mol. The molecule has 0 amide bonds. The molecule has 0 bridgehead atoms. The van der Waals surface area contributed by atoms with E-state index in [1.807, 2.05) is 0 Å². The molecular formula is C24H56O12Ti. The molecule has 0 aliphatic carbocycles. The van der Waals surface area contributed by atoms with Gasteiger partial charge in [0.05, 0.1) is 18.8 Å². The minimum atomic E-state index is -1.89. The first-order valence-corrected chi connectivity index (χ1v) is 11.8. The molecule has 0 fully saturated rings. The van der Waals surface area contributed by atoms with Crippen molar-refractivity contribution >= 4 is 11.9 Å². The van der Waals surface area contributed by atoms with Gasteiger partial charge in [0.25, 0.3) is 0 Å². The van der Waals surface area contributed by atoms with Crippen LogP contribution in [0.4, 0.5) is 0 Å². The average Bonchev–Trinajstić information content (AvgIpc) is 2.65. The van der Waals surface area contributed by atoms with Gasteiger partial charge in [-0.25, -0.2) is 14.5 Å². The number of hydrogen-bond acceptors (Lipinski definition) is 12. The van der Waals surface area contributed by atoms with Crippen LogP contribution in [0.1, 0.15) is 90.0 Å². The zero-order valence-electron chi connectivity index (χ0n) is 25.1. The normalized spacial score (nSPS) is 11.2. The number of hydrogen-bond donors (Lipinski definition) is 7. The van der Waals surface area contributed by atoms with Crippen LogP contribution in [0.15, 0.2) is 0 Å². The predicted molar refractivity (Wildman–Crippen MR) is 138 cm³/mol. The minimum Gasteiger partial charge on any atom is -0.464 e. The molecule has 2 atom stereocenters. The van der Waals surface area contributed by atoms with E-state index in [-0.39, 0.29) is 59.3 Å². The van der Waals surface area contributed by atoms with Gasteiger partial charge in [0.1, 0.15) is 0 Å². The predicted octanol–water partition coefficient (Wildman–Crippen LogP) is 1.65. The Morgan fingerprint density at radius 1 is 0.595 bits per heavy atom. The van der Waals surface area contributed by atoms with Crippen molar-refractivity contribution in [3.8, 4) is 0 Å². The van der Waals surface area contributed by atoms with E-state index >= 15 is 0 Å². The Balaban J connectivity index is -0.0000000654. The molecule has 2 unspecified atom stereocenters. The van der Waals surface area contributed by atoms with E-state index in [1.165, 1.54) is 0 Å². The second kappa shape index (κ2) is 35.3. The second-order valence-corrected chi connectivity index (χ2v) is 8.97. The summed E-state index contributed by atoms with van der Waals surface area (Å²) in [5.74, 6) is -2.10. The Morgan fingerprint density at radius 3 is 0.811 bits per heavy atom. The molecule has 228 valence electrons. The van der Waals surface area contributed by atoms with E-state index in [1.54, 1.807) is 90.0 Å². The van der Waals surface area contributed by atoms with Crippen molar-refractivity contribution in [3.63, 3.8) is 0 Å². The number of rotatable bonds is 5. The van der Waals surface area contributed by atoms with Crippen LogP contribution in [0.5, 0.6) is 0 Å². The van der Waals surface area contributed by atoms with Crippen molar-refractivity contribution in [2.75, 3.05) is 13.2 Å². The maximum absolute atomic E-state index is 10.9. The molecular weight excluding hydrogens is 528 g/mol. The molecule has 0 aromatic heterocycles. The maximum Gasteiger partial charge on any atom is 0.338 e. The molecule has 0 spiro atoms. The minimum absolute atomic E-state index is 0. The van der Waals surface area contributed by atoms with Crippen LogP contribution < -0.4 is 0 Å². The fourth-order valence-corrected chi connectivity index (χ4v) is 0.713. The summed E-state index contributed by atoms with van der Waals surface area (Å²) in [4.78, 5) is 25.6. The van der Waals surface area contributed by atoms with Crippen molar-refractivity contribution in [1.82, 2.24) is 0 Å². The second-order valence-electron chi connectivity index (χ2n) is 8.97. The van der Waals surface area contributed by atoms with Crippen molar-refractivity contribution in [3.05, 3.63) is 0 Å². The molecule has 13 heteroatoms. The van der Waals surface area contributed by atoms with Gasteiger partial charge in [0.2, 0.25) is 0 Å². The number of carbonyl (C=O) groups excluding carboxylic acids is 2. The molecule has 7 N–H and O–H groups in total. The van der Waals surface area contributed by atoms with Crippen molar-refractivity contribution in [1.29, 1.82) is 0 Å². The molecule has 0 aliphatic heterocycles. The van der Waals surface area contributed by atoms with Gasteiger partial charge in [-0.2, -0.15) is 0 Å². The first kappa shape index (κ1) is 52.7. The molecule has 37 heavy (non-hydrogen) atoms. The van der Waals surface area contributed by atoms with E-state index in [0.717, 1.165) is 0 Å². The van der Waals surface area contributed by atoms with Crippen LogP contribution in [-0.2, 0) is 45.7 Å². The molecule has 0 saturated heterocycles. The van der Waals surface area contributed by atoms with Crippen LogP contribution in [0, 0.1) is 0 Å². The summed E-state index contributed by atoms with van der Waals surface area (Å²) >= 11 is 0. The molecule has 0 radical (unpaired) electrons. The van der Waals surface area contributed by atoms with Gasteiger partial charge in [-0.15, -0.1) is 0 Å². The summed E-state index contributed by atoms with van der Waals surface area (Å²) in [6, 6.07) is 0. The van der Waals surface area contributed by atoms with Crippen LogP contribution in [0.3, 0.4) is 0 Å². The Labute approximate surface area is 238 Å². The van der Waals surface area contributed by atoms with Gasteiger partial charge >= 0.3 is 11.9 Å². The third-order valence-corrected chi connectivity index (χ3v) is 1.63. The topological polar surface area (TPSA) is 203 Å². The number of ether oxygens (including phenoxy) is 2. The zero-order valence-corrected chi connectivity index (χ0v) is 26.6. The van der Waals surface area contributed by atoms with Crippen molar-refractivity contribution in [2.45, 2.75) is 132 Å². The van der Waals surface area contributed by atoms with E-state index in [4.69, 9.17) is 35.9 Å². The molecule has 0 aromatic carbocycles. The summed E-state index contributed by atoms with van der Waals surface area (Å²) < 4.78 is 8.79. The van der Waals surface area contributed by atoms with E-state index in [2.05, 4.69) is 14.4 Å². The Morgan fingerprint density at radius 2 is 0.730 bits per heavy atom. The fraction of sp³-hybridized carbons (Fsp3) is 0.917. The molecule has 0 aliphatic rings. The first-order chi connectivity index (χ1) is 16.0. The summed E-state index contributed by atoms with van der Waals surface area (Å²) in [5, 5.41) is 58.3. The number of aliphatic hydroxyl groups excluding tert-OH is 6. The smallest absolute Gasteiger partial charge is 0.338 e. The van der Waals surface area contributed by atoms with E-state index < -0.39 is 29.7 Å². The zero-order chi connectivity index (χ0) is 30.7. The molecule has 0 aromatic rings. The van der Waals surface area contributed by atoms with Crippen molar-refractivity contribution in [2.24, 2.45) is 0 Å². The number of esters is 2. The average molecular weight is 585 g/mol. The van der Waals surface area contributed by atoms with Gasteiger partial charge < -0.3 is 40.1 Å². The third-order valence-electron chi connectivity index (χ3n) is 1.63. The molecule has 0 heterocycles. The van der Waals surface area contributed by atoms with Gasteiger partial charge in [0, 0.05) is 46.1 Å². The largest absolute Gasteiger partial charge is 0.464 e. The quantitative estimate of drug-likeness (QED) is 0.107. The summed E-state index contributed by atoms with van der Waals surface area (Å²) in [6.07, 6.45) is -4.46. The van der Waals surface area contributed by atoms with Gasteiger partial charge in [0.15, 0.2) is 12.2 Å². The van der Waals surface area contributed by atoms with Crippen LogP contribution in [-0.4, -0.2) is 103 Å². The standard InChI is InChI=1S/C8H14O6.C4H10O2.4C3H8O.Ti/c1-3-13-7(11)5(9)6(10)8(12)14-4-2;1-4(2,3)6-5;4*1-3(2)4;/h5-6,9-10H,3-4H2,1-2H3;5H,1-3H3;4*3-4H,1-2H3;.